The molecule has 7 heteroatoms. The molecule has 138 valence electrons. The van der Waals surface area contributed by atoms with Gasteiger partial charge in [0.05, 0.1) is 12.0 Å². The molecular formula is C19H25N5O2. The van der Waals surface area contributed by atoms with E-state index < -0.39 is 0 Å². The van der Waals surface area contributed by atoms with Crippen LogP contribution in [0.25, 0.3) is 0 Å². The Morgan fingerprint density at radius 2 is 2.15 bits per heavy atom. The van der Waals surface area contributed by atoms with E-state index in [0.29, 0.717) is 13.1 Å². The molecule has 2 aliphatic heterocycles. The highest BCUT2D eigenvalue weighted by Crippen LogP contribution is 2.37. The molecule has 2 aromatic rings. The summed E-state index contributed by atoms with van der Waals surface area (Å²) in [6.45, 7) is 3.64. The van der Waals surface area contributed by atoms with Crippen LogP contribution < -0.4 is 0 Å². The van der Waals surface area contributed by atoms with Gasteiger partial charge in [-0.05, 0) is 50.3 Å². The lowest BCUT2D eigenvalue weighted by Crippen LogP contribution is -2.49. The molecule has 1 atom stereocenters. The number of likely N-dealkylation sites (tertiary alicyclic amines) is 2. The molecule has 1 unspecified atom stereocenters. The van der Waals surface area contributed by atoms with Crippen LogP contribution in [0.15, 0.2) is 22.9 Å². The van der Waals surface area contributed by atoms with Crippen LogP contribution in [0.4, 0.5) is 0 Å². The minimum atomic E-state index is 0.0730. The Hall–Kier alpha value is -2.15. The minimum Gasteiger partial charge on any atom is -0.347 e. The molecule has 5 rings (SSSR count). The first-order valence-corrected chi connectivity index (χ1v) is 9.67. The highest BCUT2D eigenvalue weighted by Gasteiger charge is 2.38. The van der Waals surface area contributed by atoms with Gasteiger partial charge in [-0.2, -0.15) is 4.98 Å². The van der Waals surface area contributed by atoms with Gasteiger partial charge in [-0.1, -0.05) is 5.16 Å². The Morgan fingerprint density at radius 3 is 2.88 bits per heavy atom. The average Bonchev–Trinajstić information content (AvgIpc) is 2.98. The summed E-state index contributed by atoms with van der Waals surface area (Å²) in [5.74, 6) is 2.67. The summed E-state index contributed by atoms with van der Waals surface area (Å²) in [5, 5.41) is 4.23. The summed E-state index contributed by atoms with van der Waals surface area (Å²) in [5.41, 5.74) is 0.721. The average molecular weight is 355 g/mol. The number of hydrogen-bond donors (Lipinski definition) is 0. The number of aromatic nitrogens is 3. The quantitative estimate of drug-likeness (QED) is 0.822. The highest BCUT2D eigenvalue weighted by atomic mass is 16.5. The van der Waals surface area contributed by atoms with E-state index in [1.165, 1.54) is 25.8 Å². The fourth-order valence-electron chi connectivity index (χ4n) is 4.16. The van der Waals surface area contributed by atoms with E-state index >= 15 is 0 Å². The standard InChI is InChI=1S/C19H25N5O2/c1-22-8-2-5-16(22)19(25)24-11-14(12-24)17-20-18(26-21-17)15-4-3-9-23(15)10-13-6-7-13/h2,5,8,13-15H,3-4,6-7,9-12H2,1H3. The Bertz CT molecular complexity index is 802. The first-order chi connectivity index (χ1) is 12.7. The third-order valence-electron chi connectivity index (χ3n) is 5.99. The van der Waals surface area contributed by atoms with Gasteiger partial charge in [0.25, 0.3) is 5.91 Å². The third-order valence-corrected chi connectivity index (χ3v) is 5.99. The van der Waals surface area contributed by atoms with E-state index in [1.807, 2.05) is 34.8 Å². The maximum atomic E-state index is 12.5. The topological polar surface area (TPSA) is 67.4 Å². The molecular weight excluding hydrogens is 330 g/mol. The van der Waals surface area contributed by atoms with Crippen molar-refractivity contribution in [3.8, 4) is 0 Å². The fraction of sp³-hybridized carbons (Fsp3) is 0.632. The van der Waals surface area contributed by atoms with E-state index in [4.69, 9.17) is 9.51 Å². The van der Waals surface area contributed by atoms with Crippen molar-refractivity contribution in [2.45, 2.75) is 37.6 Å². The summed E-state index contributed by atoms with van der Waals surface area (Å²) in [6, 6.07) is 4.04. The largest absolute Gasteiger partial charge is 0.347 e. The third kappa shape index (κ3) is 2.84. The van der Waals surface area contributed by atoms with Crippen LogP contribution in [0.5, 0.6) is 0 Å². The number of rotatable bonds is 5. The smallest absolute Gasteiger partial charge is 0.270 e. The van der Waals surface area contributed by atoms with Crippen LogP contribution in [0, 0.1) is 5.92 Å². The van der Waals surface area contributed by atoms with Gasteiger partial charge in [0.15, 0.2) is 5.82 Å². The van der Waals surface area contributed by atoms with Crippen LogP contribution >= 0.6 is 0 Å². The molecule has 2 saturated heterocycles. The van der Waals surface area contributed by atoms with Crippen LogP contribution in [-0.4, -0.2) is 56.6 Å². The van der Waals surface area contributed by atoms with Crippen molar-refractivity contribution in [2.24, 2.45) is 13.0 Å². The first-order valence-electron chi connectivity index (χ1n) is 9.67. The van der Waals surface area contributed by atoms with Gasteiger partial charge in [-0.15, -0.1) is 0 Å². The second-order valence-electron chi connectivity index (χ2n) is 8.00. The molecule has 0 N–H and O–H groups in total. The lowest BCUT2D eigenvalue weighted by atomic mass is 9.99. The molecule has 0 radical (unpaired) electrons. The van der Waals surface area contributed by atoms with E-state index in [2.05, 4.69) is 10.1 Å². The van der Waals surface area contributed by atoms with E-state index in [1.54, 1.807) is 0 Å². The maximum Gasteiger partial charge on any atom is 0.270 e. The van der Waals surface area contributed by atoms with Crippen molar-refractivity contribution in [3.63, 3.8) is 0 Å². The summed E-state index contributed by atoms with van der Waals surface area (Å²) in [7, 11) is 1.89. The molecule has 2 aromatic heterocycles. The van der Waals surface area contributed by atoms with Crippen LogP contribution in [-0.2, 0) is 7.05 Å². The van der Waals surface area contributed by atoms with Crippen LogP contribution in [0.3, 0.4) is 0 Å². The van der Waals surface area contributed by atoms with Gasteiger partial charge in [-0.25, -0.2) is 0 Å². The monoisotopic (exact) mass is 355 g/mol. The van der Waals surface area contributed by atoms with Crippen molar-refractivity contribution in [2.75, 3.05) is 26.2 Å². The number of hydrogen-bond acceptors (Lipinski definition) is 5. The molecule has 3 fully saturated rings. The molecule has 1 amide bonds. The number of amides is 1. The Labute approximate surface area is 153 Å². The molecule has 7 nitrogen and oxygen atoms in total. The Kier molecular flexibility index (Phi) is 3.85. The van der Waals surface area contributed by atoms with Crippen molar-refractivity contribution < 1.29 is 9.32 Å². The van der Waals surface area contributed by atoms with Crippen molar-refractivity contribution in [1.29, 1.82) is 0 Å². The molecule has 0 aromatic carbocycles. The van der Waals surface area contributed by atoms with Gasteiger partial charge < -0.3 is 14.0 Å². The van der Waals surface area contributed by atoms with E-state index in [0.717, 1.165) is 36.3 Å². The summed E-state index contributed by atoms with van der Waals surface area (Å²) in [4.78, 5) is 21.6. The van der Waals surface area contributed by atoms with Crippen molar-refractivity contribution in [3.05, 3.63) is 35.7 Å². The number of nitrogens with zero attached hydrogens (tertiary/aromatic N) is 5. The minimum absolute atomic E-state index is 0.0730. The molecule has 3 aliphatic rings. The predicted octanol–water partition coefficient (Wildman–Crippen LogP) is 2.19. The van der Waals surface area contributed by atoms with E-state index in [-0.39, 0.29) is 17.9 Å². The van der Waals surface area contributed by atoms with Crippen molar-refractivity contribution in [1.82, 2.24) is 24.5 Å². The summed E-state index contributed by atoms with van der Waals surface area (Å²) in [6.07, 6.45) is 6.94. The normalized spacial score (nSPS) is 24.2. The number of carbonyl (C=O) groups is 1. The summed E-state index contributed by atoms with van der Waals surface area (Å²) >= 11 is 0. The molecule has 1 aliphatic carbocycles. The second-order valence-corrected chi connectivity index (χ2v) is 8.00. The SMILES string of the molecule is Cn1cccc1C(=O)N1CC(c2noc(C3CCCN3CC3CC3)n2)C1. The van der Waals surface area contributed by atoms with E-state index in [9.17, 15) is 4.79 Å². The Balaban J connectivity index is 1.21. The zero-order chi connectivity index (χ0) is 17.7. The zero-order valence-corrected chi connectivity index (χ0v) is 15.2. The molecule has 0 spiro atoms. The zero-order valence-electron chi connectivity index (χ0n) is 15.2. The lowest BCUT2D eigenvalue weighted by molar-refractivity contribution is 0.0582. The maximum absolute atomic E-state index is 12.5. The van der Waals surface area contributed by atoms with Crippen LogP contribution in [0.2, 0.25) is 0 Å². The molecule has 0 bridgehead atoms. The molecule has 4 heterocycles. The predicted molar refractivity (Wildman–Crippen MR) is 94.6 cm³/mol. The highest BCUT2D eigenvalue weighted by molar-refractivity contribution is 5.93. The first kappa shape index (κ1) is 16.1. The van der Waals surface area contributed by atoms with Gasteiger partial charge in [0.2, 0.25) is 5.89 Å². The van der Waals surface area contributed by atoms with Crippen molar-refractivity contribution >= 4 is 5.91 Å². The second kappa shape index (κ2) is 6.23. The molecule has 1 saturated carbocycles. The number of carbonyl (C=O) groups excluding carboxylic acids is 1. The van der Waals surface area contributed by atoms with Crippen LogP contribution in [0.1, 0.15) is 59.8 Å². The molecule has 26 heavy (non-hydrogen) atoms. The Morgan fingerprint density at radius 1 is 1.31 bits per heavy atom. The van der Waals surface area contributed by atoms with Gasteiger partial charge >= 0.3 is 0 Å². The summed E-state index contributed by atoms with van der Waals surface area (Å²) < 4.78 is 7.47. The van der Waals surface area contributed by atoms with Gasteiger partial charge in [0, 0.05) is 32.9 Å². The van der Waals surface area contributed by atoms with Gasteiger partial charge in [-0.3, -0.25) is 9.69 Å². The van der Waals surface area contributed by atoms with Gasteiger partial charge in [0.1, 0.15) is 5.69 Å². The fourth-order valence-corrected chi connectivity index (χ4v) is 4.16. The lowest BCUT2D eigenvalue weighted by Gasteiger charge is -2.37. The number of aryl methyl sites for hydroxylation is 1.